The molecule has 0 saturated carbocycles. The average Bonchev–Trinajstić information content (AvgIpc) is 2.81. The van der Waals surface area contributed by atoms with E-state index in [1.54, 1.807) is 37.4 Å². The van der Waals surface area contributed by atoms with Gasteiger partial charge < -0.3 is 26.0 Å². The van der Waals surface area contributed by atoms with E-state index in [9.17, 15) is 14.4 Å². The molecule has 0 aliphatic rings. The molecule has 178 valence electrons. The third kappa shape index (κ3) is 10.2. The lowest BCUT2D eigenvalue weighted by Gasteiger charge is -2.11. The smallest absolute Gasteiger partial charge is 0.251 e. The lowest BCUT2D eigenvalue weighted by Crippen LogP contribution is -2.25. The summed E-state index contributed by atoms with van der Waals surface area (Å²) >= 11 is 0. The first-order valence-electron chi connectivity index (χ1n) is 11.3. The molecule has 0 aromatic heterocycles. The zero-order valence-electron chi connectivity index (χ0n) is 19.4. The van der Waals surface area contributed by atoms with Crippen LogP contribution >= 0.6 is 0 Å². The molecule has 4 N–H and O–H groups in total. The maximum Gasteiger partial charge on any atom is 0.251 e. The number of benzene rings is 2. The van der Waals surface area contributed by atoms with Gasteiger partial charge in [0.05, 0.1) is 6.54 Å². The summed E-state index contributed by atoms with van der Waals surface area (Å²) in [6, 6.07) is 14.0. The van der Waals surface area contributed by atoms with E-state index < -0.39 is 0 Å². The highest BCUT2D eigenvalue weighted by Crippen LogP contribution is 2.16. The summed E-state index contributed by atoms with van der Waals surface area (Å²) in [4.78, 5) is 36.4. The van der Waals surface area contributed by atoms with Gasteiger partial charge in [0.2, 0.25) is 11.8 Å². The van der Waals surface area contributed by atoms with E-state index in [0.717, 1.165) is 31.4 Å². The number of hydrogen-bond acceptors (Lipinski definition) is 5. The molecule has 0 fully saturated rings. The highest BCUT2D eigenvalue weighted by atomic mass is 16.5. The molecule has 2 aromatic rings. The summed E-state index contributed by atoms with van der Waals surface area (Å²) in [6.45, 7) is 3.30. The highest BCUT2D eigenvalue weighted by molar-refractivity contribution is 5.97. The number of carbonyl (C=O) groups is 3. The molecule has 33 heavy (non-hydrogen) atoms. The number of rotatable bonds is 14. The third-order valence-corrected chi connectivity index (χ3v) is 4.85. The van der Waals surface area contributed by atoms with Gasteiger partial charge in [-0.1, -0.05) is 25.8 Å². The van der Waals surface area contributed by atoms with Gasteiger partial charge in [0.15, 0.2) is 0 Å². The first-order valence-corrected chi connectivity index (χ1v) is 11.3. The molecule has 0 aliphatic heterocycles. The molecule has 2 aromatic carbocycles. The molecule has 0 radical (unpaired) electrons. The van der Waals surface area contributed by atoms with Crippen LogP contribution in [-0.4, -0.2) is 44.5 Å². The van der Waals surface area contributed by atoms with Gasteiger partial charge in [-0.15, -0.1) is 0 Å². The molecule has 0 atom stereocenters. The van der Waals surface area contributed by atoms with Crippen molar-refractivity contribution in [3.63, 3.8) is 0 Å². The number of ether oxygens (including phenoxy) is 1. The molecule has 0 bridgehead atoms. The lowest BCUT2D eigenvalue weighted by atomic mass is 10.2. The minimum absolute atomic E-state index is 0.00884. The van der Waals surface area contributed by atoms with Gasteiger partial charge in [0.1, 0.15) is 0 Å². The Labute approximate surface area is 195 Å². The number of anilines is 3. The Bertz CT molecular complexity index is 900. The number of hydrogen-bond donors (Lipinski definition) is 4. The van der Waals surface area contributed by atoms with E-state index in [2.05, 4.69) is 28.2 Å². The van der Waals surface area contributed by atoms with Gasteiger partial charge in [-0.25, -0.2) is 0 Å². The largest absolute Gasteiger partial charge is 0.385 e. The second-order valence-electron chi connectivity index (χ2n) is 7.67. The summed E-state index contributed by atoms with van der Waals surface area (Å²) in [6.07, 6.45) is 4.23. The van der Waals surface area contributed by atoms with Gasteiger partial charge >= 0.3 is 0 Å². The fourth-order valence-electron chi connectivity index (χ4n) is 3.08. The fourth-order valence-corrected chi connectivity index (χ4v) is 3.08. The van der Waals surface area contributed by atoms with Crippen LogP contribution in [0, 0.1) is 0 Å². The number of amides is 3. The first-order chi connectivity index (χ1) is 16.0. The number of unbranched alkanes of at least 4 members (excludes halogenated alkanes) is 2. The van der Waals surface area contributed by atoms with E-state index in [0.29, 0.717) is 36.5 Å². The molecule has 0 spiro atoms. The van der Waals surface area contributed by atoms with Crippen LogP contribution in [0.2, 0.25) is 0 Å². The predicted molar refractivity (Wildman–Crippen MR) is 132 cm³/mol. The Morgan fingerprint density at radius 3 is 2.30 bits per heavy atom. The minimum atomic E-state index is -0.222. The molecule has 8 nitrogen and oxygen atoms in total. The van der Waals surface area contributed by atoms with Crippen molar-refractivity contribution in [3.8, 4) is 0 Å². The normalized spacial score (nSPS) is 10.4. The molecular formula is C25H34N4O4. The number of methoxy groups -OCH3 is 1. The van der Waals surface area contributed by atoms with Crippen LogP contribution in [0.25, 0.3) is 0 Å². The average molecular weight is 455 g/mol. The summed E-state index contributed by atoms with van der Waals surface area (Å²) in [5.74, 6) is -0.394. The van der Waals surface area contributed by atoms with Crippen LogP contribution in [-0.2, 0) is 14.3 Å². The number of carbonyl (C=O) groups excluding carboxylic acids is 3. The van der Waals surface area contributed by atoms with E-state index in [1.807, 2.05) is 18.2 Å². The van der Waals surface area contributed by atoms with Crippen molar-refractivity contribution in [2.75, 3.05) is 42.8 Å². The van der Waals surface area contributed by atoms with Gasteiger partial charge in [-0.2, -0.15) is 0 Å². The van der Waals surface area contributed by atoms with Crippen LogP contribution < -0.4 is 21.3 Å². The molecule has 8 heteroatoms. The standard InChI is InChI=1S/C25H34N4O4/c1-3-4-5-10-23(30)29-22-9-6-8-21(17-22)27-18-24(31)28-20-13-11-19(12-14-20)25(32)26-15-7-16-33-2/h6,8-9,11-14,17,27H,3-5,7,10,15-16,18H2,1-2H3,(H,26,32)(H,28,31)(H,29,30). The van der Waals surface area contributed by atoms with Gasteiger partial charge in [-0.3, -0.25) is 14.4 Å². The SMILES string of the molecule is CCCCCC(=O)Nc1cccc(NCC(=O)Nc2ccc(C(=O)NCCCOC)cc2)c1. The van der Waals surface area contributed by atoms with E-state index >= 15 is 0 Å². The maximum atomic E-state index is 12.3. The Morgan fingerprint density at radius 1 is 0.848 bits per heavy atom. The number of nitrogens with one attached hydrogen (secondary N) is 4. The van der Waals surface area contributed by atoms with Crippen molar-refractivity contribution >= 4 is 34.8 Å². The lowest BCUT2D eigenvalue weighted by molar-refractivity contribution is -0.116. The Kier molecular flexibility index (Phi) is 11.5. The van der Waals surface area contributed by atoms with Crippen LogP contribution in [0.4, 0.5) is 17.1 Å². The van der Waals surface area contributed by atoms with Crippen LogP contribution in [0.3, 0.4) is 0 Å². The third-order valence-electron chi connectivity index (χ3n) is 4.85. The van der Waals surface area contributed by atoms with Crippen molar-refractivity contribution in [3.05, 3.63) is 54.1 Å². The quantitative estimate of drug-likeness (QED) is 0.323. The van der Waals surface area contributed by atoms with Crippen molar-refractivity contribution in [1.82, 2.24) is 5.32 Å². The molecule has 3 amide bonds. The monoisotopic (exact) mass is 454 g/mol. The van der Waals surface area contributed by atoms with Gasteiger partial charge in [0.25, 0.3) is 5.91 Å². The summed E-state index contributed by atoms with van der Waals surface area (Å²) < 4.78 is 4.95. The summed E-state index contributed by atoms with van der Waals surface area (Å²) in [5.41, 5.74) is 2.55. The minimum Gasteiger partial charge on any atom is -0.385 e. The second-order valence-corrected chi connectivity index (χ2v) is 7.67. The highest BCUT2D eigenvalue weighted by Gasteiger charge is 2.07. The molecule has 0 saturated heterocycles. The van der Waals surface area contributed by atoms with Crippen molar-refractivity contribution in [2.24, 2.45) is 0 Å². The molecule has 2 rings (SSSR count). The predicted octanol–water partition coefficient (Wildman–Crippen LogP) is 4.02. The maximum absolute atomic E-state index is 12.3. The molecule has 0 unspecified atom stereocenters. The zero-order chi connectivity index (χ0) is 23.9. The van der Waals surface area contributed by atoms with Gasteiger partial charge in [-0.05, 0) is 55.3 Å². The van der Waals surface area contributed by atoms with E-state index in [4.69, 9.17) is 4.74 Å². The summed E-state index contributed by atoms with van der Waals surface area (Å²) in [7, 11) is 1.62. The fraction of sp³-hybridized carbons (Fsp3) is 0.400. The van der Waals surface area contributed by atoms with Crippen LogP contribution in [0.15, 0.2) is 48.5 Å². The van der Waals surface area contributed by atoms with Crippen LogP contribution in [0.5, 0.6) is 0 Å². The first kappa shape index (κ1) is 25.9. The van der Waals surface area contributed by atoms with E-state index in [1.165, 1.54) is 0 Å². The van der Waals surface area contributed by atoms with Crippen molar-refractivity contribution in [1.29, 1.82) is 0 Å². The molecular weight excluding hydrogens is 420 g/mol. The van der Waals surface area contributed by atoms with Crippen molar-refractivity contribution < 1.29 is 19.1 Å². The molecule has 0 heterocycles. The van der Waals surface area contributed by atoms with E-state index in [-0.39, 0.29) is 24.3 Å². The van der Waals surface area contributed by atoms with Crippen LogP contribution in [0.1, 0.15) is 49.4 Å². The topological polar surface area (TPSA) is 109 Å². The van der Waals surface area contributed by atoms with Crippen molar-refractivity contribution in [2.45, 2.75) is 39.0 Å². The second kappa shape index (κ2) is 14.6. The Morgan fingerprint density at radius 2 is 1.58 bits per heavy atom. The Hall–Kier alpha value is -3.39. The molecule has 0 aliphatic carbocycles. The Balaban J connectivity index is 1.77. The zero-order valence-corrected chi connectivity index (χ0v) is 19.4. The van der Waals surface area contributed by atoms with Gasteiger partial charge in [0, 0.05) is 49.3 Å². The summed E-state index contributed by atoms with van der Waals surface area (Å²) in [5, 5.41) is 11.6.